The van der Waals surface area contributed by atoms with Gasteiger partial charge in [-0.15, -0.1) is 0 Å². The van der Waals surface area contributed by atoms with Crippen molar-refractivity contribution in [1.29, 1.82) is 0 Å². The summed E-state index contributed by atoms with van der Waals surface area (Å²) in [7, 11) is 0. The van der Waals surface area contributed by atoms with Crippen molar-refractivity contribution in [2.75, 3.05) is 0 Å². The van der Waals surface area contributed by atoms with Crippen LogP contribution < -0.4 is 0 Å². The molecule has 0 saturated carbocycles. The Morgan fingerprint density at radius 3 is 2.70 bits per heavy atom. The van der Waals surface area contributed by atoms with Gasteiger partial charge in [-0.3, -0.25) is 0 Å². The minimum atomic E-state index is -0.504. The summed E-state index contributed by atoms with van der Waals surface area (Å²) < 4.78 is 0. The van der Waals surface area contributed by atoms with E-state index in [0.717, 1.165) is 36.3 Å². The van der Waals surface area contributed by atoms with Gasteiger partial charge in [0, 0.05) is 23.4 Å². The van der Waals surface area contributed by atoms with Crippen LogP contribution in [0.3, 0.4) is 0 Å². The fourth-order valence-electron chi connectivity index (χ4n) is 3.02. The number of hydrogen-bond donors (Lipinski definition) is 1. The maximum Gasteiger partial charge on any atom is 0.131 e. The third-order valence-electron chi connectivity index (χ3n) is 4.20. The van der Waals surface area contributed by atoms with Crippen LogP contribution in [-0.2, 0) is 12.8 Å². The van der Waals surface area contributed by atoms with E-state index < -0.39 is 6.10 Å². The second-order valence-corrected chi connectivity index (χ2v) is 5.65. The van der Waals surface area contributed by atoms with Gasteiger partial charge >= 0.3 is 0 Å². The summed E-state index contributed by atoms with van der Waals surface area (Å²) in [6.07, 6.45) is 4.49. The summed E-state index contributed by atoms with van der Waals surface area (Å²) in [5.41, 5.74) is 4.60. The smallest absolute Gasteiger partial charge is 0.131 e. The van der Waals surface area contributed by atoms with Crippen molar-refractivity contribution in [3.63, 3.8) is 0 Å². The SMILES string of the molecule is Cc1nc(C2CCc3ccccc3C2)ncc1[C@H](C)O. The summed E-state index contributed by atoms with van der Waals surface area (Å²) in [5, 5.41) is 9.66. The number of nitrogens with zero attached hydrogens (tertiary/aromatic N) is 2. The van der Waals surface area contributed by atoms with E-state index in [0.29, 0.717) is 5.92 Å². The van der Waals surface area contributed by atoms with Gasteiger partial charge in [0.25, 0.3) is 0 Å². The van der Waals surface area contributed by atoms with Gasteiger partial charge in [-0.25, -0.2) is 9.97 Å². The van der Waals surface area contributed by atoms with Crippen molar-refractivity contribution >= 4 is 0 Å². The van der Waals surface area contributed by atoms with E-state index in [4.69, 9.17) is 0 Å². The number of aromatic nitrogens is 2. The second kappa shape index (κ2) is 5.33. The lowest BCUT2D eigenvalue weighted by atomic mass is 9.83. The molecule has 2 aromatic rings. The molecule has 0 fully saturated rings. The Balaban J connectivity index is 1.86. The number of fused-ring (bicyclic) bond motifs is 1. The van der Waals surface area contributed by atoms with E-state index in [1.54, 1.807) is 13.1 Å². The Labute approximate surface area is 119 Å². The van der Waals surface area contributed by atoms with Gasteiger partial charge in [0.1, 0.15) is 5.82 Å². The summed E-state index contributed by atoms with van der Waals surface area (Å²) in [5.74, 6) is 1.31. The second-order valence-electron chi connectivity index (χ2n) is 5.65. The topological polar surface area (TPSA) is 46.0 Å². The average molecular weight is 268 g/mol. The van der Waals surface area contributed by atoms with Crippen molar-refractivity contribution in [3.8, 4) is 0 Å². The quantitative estimate of drug-likeness (QED) is 0.910. The predicted octanol–water partition coefficient (Wildman–Crippen LogP) is 3.11. The van der Waals surface area contributed by atoms with Crippen LogP contribution in [0.4, 0.5) is 0 Å². The Morgan fingerprint density at radius 1 is 1.25 bits per heavy atom. The highest BCUT2D eigenvalue weighted by molar-refractivity contribution is 5.32. The van der Waals surface area contributed by atoms with Crippen molar-refractivity contribution in [1.82, 2.24) is 9.97 Å². The molecule has 2 atom stereocenters. The molecule has 0 radical (unpaired) electrons. The van der Waals surface area contributed by atoms with Crippen molar-refractivity contribution in [2.24, 2.45) is 0 Å². The van der Waals surface area contributed by atoms with Crippen LogP contribution in [0.2, 0.25) is 0 Å². The van der Waals surface area contributed by atoms with Gasteiger partial charge in [-0.05, 0) is 44.2 Å². The molecule has 0 spiro atoms. The first kappa shape index (κ1) is 13.3. The first-order chi connectivity index (χ1) is 9.65. The summed E-state index contributed by atoms with van der Waals surface area (Å²) >= 11 is 0. The normalized spacial score (nSPS) is 19.4. The molecule has 1 N–H and O–H groups in total. The minimum Gasteiger partial charge on any atom is -0.389 e. The molecule has 0 saturated heterocycles. The highest BCUT2D eigenvalue weighted by atomic mass is 16.3. The molecule has 1 aromatic carbocycles. The Hall–Kier alpha value is -1.74. The van der Waals surface area contributed by atoms with Gasteiger partial charge in [0.05, 0.1) is 6.10 Å². The van der Waals surface area contributed by atoms with Crippen LogP contribution in [-0.4, -0.2) is 15.1 Å². The molecular formula is C17H20N2O. The highest BCUT2D eigenvalue weighted by Gasteiger charge is 2.22. The fourth-order valence-corrected chi connectivity index (χ4v) is 3.02. The molecular weight excluding hydrogens is 248 g/mol. The van der Waals surface area contributed by atoms with Crippen LogP contribution in [0.25, 0.3) is 0 Å². The number of benzene rings is 1. The Bertz CT molecular complexity index is 622. The number of aliphatic hydroxyl groups excluding tert-OH is 1. The van der Waals surface area contributed by atoms with E-state index in [2.05, 4.69) is 34.2 Å². The largest absolute Gasteiger partial charge is 0.389 e. The first-order valence-electron chi connectivity index (χ1n) is 7.23. The van der Waals surface area contributed by atoms with Gasteiger partial charge in [0.15, 0.2) is 0 Å². The van der Waals surface area contributed by atoms with Gasteiger partial charge in [-0.2, -0.15) is 0 Å². The molecule has 0 amide bonds. The maximum atomic E-state index is 9.66. The molecule has 3 rings (SSSR count). The van der Waals surface area contributed by atoms with E-state index in [1.165, 1.54) is 11.1 Å². The average Bonchev–Trinajstić information content (AvgIpc) is 2.46. The van der Waals surface area contributed by atoms with Crippen LogP contribution in [0.15, 0.2) is 30.5 Å². The lowest BCUT2D eigenvalue weighted by Gasteiger charge is -2.24. The summed E-state index contributed by atoms with van der Waals surface area (Å²) in [6.45, 7) is 3.70. The zero-order valence-corrected chi connectivity index (χ0v) is 12.0. The maximum absolute atomic E-state index is 9.66. The summed E-state index contributed by atoms with van der Waals surface area (Å²) in [6, 6.07) is 8.63. The van der Waals surface area contributed by atoms with Crippen LogP contribution >= 0.6 is 0 Å². The molecule has 104 valence electrons. The van der Waals surface area contributed by atoms with Crippen molar-refractivity contribution < 1.29 is 5.11 Å². The van der Waals surface area contributed by atoms with Gasteiger partial charge in [0.2, 0.25) is 0 Å². The molecule has 1 unspecified atom stereocenters. The number of aliphatic hydroxyl groups is 1. The van der Waals surface area contributed by atoms with Gasteiger partial charge in [-0.1, -0.05) is 24.3 Å². The molecule has 3 nitrogen and oxygen atoms in total. The molecule has 0 aliphatic heterocycles. The number of aryl methyl sites for hydroxylation is 2. The molecule has 1 aliphatic carbocycles. The lowest BCUT2D eigenvalue weighted by Crippen LogP contribution is -2.16. The zero-order chi connectivity index (χ0) is 14.1. The fraction of sp³-hybridized carbons (Fsp3) is 0.412. The Kier molecular flexibility index (Phi) is 3.53. The van der Waals surface area contributed by atoms with Crippen molar-refractivity contribution in [2.45, 2.75) is 45.1 Å². The van der Waals surface area contributed by atoms with Crippen molar-refractivity contribution in [3.05, 3.63) is 58.7 Å². The lowest BCUT2D eigenvalue weighted by molar-refractivity contribution is 0.197. The van der Waals surface area contributed by atoms with E-state index in [9.17, 15) is 5.11 Å². The zero-order valence-electron chi connectivity index (χ0n) is 12.0. The van der Waals surface area contributed by atoms with Crippen LogP contribution in [0.1, 0.15) is 53.6 Å². The van der Waals surface area contributed by atoms with E-state index in [1.807, 2.05) is 6.92 Å². The first-order valence-corrected chi connectivity index (χ1v) is 7.23. The molecule has 1 aromatic heterocycles. The molecule has 0 bridgehead atoms. The predicted molar refractivity (Wildman–Crippen MR) is 78.6 cm³/mol. The molecule has 3 heteroatoms. The van der Waals surface area contributed by atoms with Crippen LogP contribution in [0, 0.1) is 6.92 Å². The van der Waals surface area contributed by atoms with E-state index >= 15 is 0 Å². The number of hydrogen-bond acceptors (Lipinski definition) is 3. The molecule has 1 aliphatic rings. The third-order valence-corrected chi connectivity index (χ3v) is 4.20. The summed E-state index contributed by atoms with van der Waals surface area (Å²) in [4.78, 5) is 9.11. The highest BCUT2D eigenvalue weighted by Crippen LogP contribution is 2.31. The standard InChI is InChI=1S/C17H20N2O/c1-11-16(12(2)20)10-18-17(19-11)15-8-7-13-5-3-4-6-14(13)9-15/h3-6,10,12,15,20H,7-9H2,1-2H3/t12-,15?/m0/s1. The molecule has 20 heavy (non-hydrogen) atoms. The van der Waals surface area contributed by atoms with E-state index in [-0.39, 0.29) is 0 Å². The monoisotopic (exact) mass is 268 g/mol. The number of rotatable bonds is 2. The van der Waals surface area contributed by atoms with Crippen LogP contribution in [0.5, 0.6) is 0 Å². The minimum absolute atomic E-state index is 0.395. The molecule has 1 heterocycles. The Morgan fingerprint density at radius 2 is 2.00 bits per heavy atom. The van der Waals surface area contributed by atoms with Gasteiger partial charge < -0.3 is 5.11 Å². The third kappa shape index (κ3) is 2.46.